The molecule has 0 aliphatic rings. The highest BCUT2D eigenvalue weighted by Gasteiger charge is 2.52. The summed E-state index contributed by atoms with van der Waals surface area (Å²) in [6.45, 7) is 1.71. The summed E-state index contributed by atoms with van der Waals surface area (Å²) in [6, 6.07) is 27.9. The monoisotopic (exact) mass is 491 g/mol. The smallest absolute Gasteiger partial charge is 0.460 e. The Bertz CT molecular complexity index is 1260. The lowest BCUT2D eigenvalue weighted by atomic mass is 10.3. The van der Waals surface area contributed by atoms with Crippen LogP contribution in [0, 0.1) is 10.1 Å². The Morgan fingerprint density at radius 1 is 0.971 bits per heavy atom. The summed E-state index contributed by atoms with van der Waals surface area (Å²) in [7, 11) is -2.62. The maximum atomic E-state index is 13.3. The number of nitrogens with one attached hydrogen (secondary N) is 1. The van der Waals surface area contributed by atoms with Crippen molar-refractivity contribution >= 4 is 35.1 Å². The molecule has 4 rings (SSSR count). The average Bonchev–Trinajstić information content (AvgIpc) is 3.28. The van der Waals surface area contributed by atoms with E-state index in [1.54, 1.807) is 6.92 Å². The number of rotatable bonds is 9. The molecule has 178 valence electrons. The Morgan fingerprint density at radius 2 is 1.43 bits per heavy atom. The average molecular weight is 491 g/mol. The van der Waals surface area contributed by atoms with E-state index >= 15 is 0 Å². The minimum Gasteiger partial charge on any atom is -0.463 e. The molecule has 35 heavy (non-hydrogen) atoms. The normalized spacial score (nSPS) is 12.1. The minimum absolute atomic E-state index is 0.0587. The van der Waals surface area contributed by atoms with Crippen molar-refractivity contribution in [1.29, 1.82) is 0 Å². The van der Waals surface area contributed by atoms with Crippen LogP contribution in [0.25, 0.3) is 0 Å². The van der Waals surface area contributed by atoms with E-state index in [4.69, 9.17) is 4.74 Å². The van der Waals surface area contributed by atoms with Crippen molar-refractivity contribution in [2.24, 2.45) is 0 Å². The minimum atomic E-state index is -2.62. The molecule has 3 aromatic carbocycles. The van der Waals surface area contributed by atoms with E-state index in [1.165, 1.54) is 0 Å². The Hall–Kier alpha value is -4.10. The van der Waals surface area contributed by atoms with E-state index in [9.17, 15) is 19.7 Å². The molecule has 0 saturated carbocycles. The zero-order valence-corrected chi connectivity index (χ0v) is 19.9. The van der Waals surface area contributed by atoms with Gasteiger partial charge in [0.25, 0.3) is 0 Å². The van der Waals surface area contributed by atoms with E-state index in [2.05, 4.69) is 10.2 Å². The summed E-state index contributed by atoms with van der Waals surface area (Å²) >= 11 is 0. The van der Waals surface area contributed by atoms with Crippen molar-refractivity contribution in [2.45, 2.75) is 13.0 Å². The zero-order chi connectivity index (χ0) is 24.8. The van der Waals surface area contributed by atoms with Crippen LogP contribution in [0.5, 0.6) is 0 Å². The largest absolute Gasteiger partial charge is 0.463 e. The van der Waals surface area contributed by atoms with Crippen LogP contribution >= 0.6 is 7.26 Å². The second-order valence-electron chi connectivity index (χ2n) is 7.72. The first kappa shape index (κ1) is 24.0. The second-order valence-corrected chi connectivity index (χ2v) is 11.3. The van der Waals surface area contributed by atoms with Crippen LogP contribution in [-0.2, 0) is 9.53 Å². The molecule has 0 bridgehead atoms. The lowest BCUT2D eigenvalue weighted by molar-refractivity contribution is -0.397. The number of esters is 1. The molecule has 0 aliphatic carbocycles. The quantitative estimate of drug-likeness (QED) is 0.166. The molecule has 0 amide bonds. The number of nitro groups is 1. The lowest BCUT2D eigenvalue weighted by Gasteiger charge is -2.29. The van der Waals surface area contributed by atoms with Gasteiger partial charge in [-0.2, -0.15) is 4.57 Å². The van der Waals surface area contributed by atoms with Crippen LogP contribution in [0.3, 0.4) is 0 Å². The Labute approximate surface area is 201 Å². The summed E-state index contributed by atoms with van der Waals surface area (Å²) in [5.41, 5.74) is -0.845. The van der Waals surface area contributed by atoms with E-state index in [0.717, 1.165) is 20.5 Å². The molecule has 9 nitrogen and oxygen atoms in total. The van der Waals surface area contributed by atoms with Crippen molar-refractivity contribution < 1.29 is 14.5 Å². The first-order valence-electron chi connectivity index (χ1n) is 11.0. The topological polar surface area (TPSA) is 120 Å². The lowest BCUT2D eigenvalue weighted by Crippen LogP contribution is -2.41. The standard InChI is InChI=1S/C25H23N4O5P/c1-2-34-23(30)22(28-24(29(32)33)26-27-25(28)31)18-35(19-12-6-3-7-13-19,20-14-8-4-9-15-20)21-16-10-5-11-17-21/h3-17,22H,2,18H2,1H3/p+1. The second kappa shape index (κ2) is 10.4. The fourth-order valence-electron chi connectivity index (χ4n) is 4.28. The summed E-state index contributed by atoms with van der Waals surface area (Å²) in [6.07, 6.45) is 0.0875. The zero-order valence-electron chi connectivity index (χ0n) is 19.0. The molecular weight excluding hydrogens is 467 g/mol. The predicted molar refractivity (Wildman–Crippen MR) is 135 cm³/mol. The Morgan fingerprint density at radius 3 is 1.83 bits per heavy atom. The number of H-pyrrole nitrogens is 1. The number of hydrogen-bond donors (Lipinski definition) is 1. The Kier molecular flexibility index (Phi) is 7.17. The van der Waals surface area contributed by atoms with Gasteiger partial charge in [-0.15, -0.1) is 5.10 Å². The van der Waals surface area contributed by atoms with Gasteiger partial charge < -0.3 is 14.9 Å². The third kappa shape index (κ3) is 4.63. The number of aromatic nitrogens is 3. The van der Waals surface area contributed by atoms with Crippen LogP contribution in [0.4, 0.5) is 5.95 Å². The van der Waals surface area contributed by atoms with Gasteiger partial charge in [-0.05, 0) is 48.2 Å². The van der Waals surface area contributed by atoms with Gasteiger partial charge in [0, 0.05) is 5.10 Å². The van der Waals surface area contributed by atoms with Gasteiger partial charge in [0.1, 0.15) is 29.3 Å². The molecule has 1 unspecified atom stereocenters. The van der Waals surface area contributed by atoms with Gasteiger partial charge in [0.2, 0.25) is 6.04 Å². The number of carbonyl (C=O) groups excluding carboxylic acids is 1. The van der Waals surface area contributed by atoms with Crippen molar-refractivity contribution in [3.05, 3.63) is 112 Å². The van der Waals surface area contributed by atoms with Crippen LogP contribution in [0.2, 0.25) is 0 Å². The number of hydrogen-bond acceptors (Lipinski definition) is 6. The third-order valence-electron chi connectivity index (χ3n) is 5.76. The van der Waals surface area contributed by atoms with Crippen molar-refractivity contribution in [3.63, 3.8) is 0 Å². The highest BCUT2D eigenvalue weighted by Crippen LogP contribution is 2.57. The maximum Gasteiger partial charge on any atom is 0.460 e. The van der Waals surface area contributed by atoms with Crippen molar-refractivity contribution in [3.8, 4) is 0 Å². The summed E-state index contributed by atoms with van der Waals surface area (Å²) < 4.78 is 6.13. The molecule has 1 N–H and O–H groups in total. The summed E-state index contributed by atoms with van der Waals surface area (Å²) in [5.74, 6) is -1.47. The maximum absolute atomic E-state index is 13.3. The molecule has 4 aromatic rings. The van der Waals surface area contributed by atoms with Gasteiger partial charge in [-0.25, -0.2) is 9.59 Å². The number of aromatic amines is 1. The van der Waals surface area contributed by atoms with Crippen LogP contribution < -0.4 is 21.6 Å². The first-order chi connectivity index (χ1) is 17.0. The third-order valence-corrected chi connectivity index (χ3v) is 10.2. The van der Waals surface area contributed by atoms with Gasteiger partial charge in [0.15, 0.2) is 0 Å². The number of ether oxygens (including phenoxy) is 1. The van der Waals surface area contributed by atoms with Gasteiger partial charge in [-0.1, -0.05) is 54.6 Å². The summed E-state index contributed by atoms with van der Waals surface area (Å²) in [4.78, 5) is 37.0. The molecule has 0 aliphatic heterocycles. The molecule has 0 saturated heterocycles. The summed E-state index contributed by atoms with van der Waals surface area (Å²) in [5, 5.41) is 20.3. The molecular formula is C25H24N4O5P+. The number of carbonyl (C=O) groups is 1. The van der Waals surface area contributed by atoms with E-state index in [1.807, 2.05) is 91.0 Å². The van der Waals surface area contributed by atoms with E-state index < -0.39 is 35.8 Å². The first-order valence-corrected chi connectivity index (χ1v) is 13.0. The van der Waals surface area contributed by atoms with E-state index in [0.29, 0.717) is 0 Å². The molecule has 1 atom stereocenters. The van der Waals surface area contributed by atoms with Gasteiger partial charge in [-0.3, -0.25) is 0 Å². The van der Waals surface area contributed by atoms with Gasteiger partial charge in [0.05, 0.1) is 6.61 Å². The van der Waals surface area contributed by atoms with Gasteiger partial charge >= 0.3 is 17.6 Å². The number of benzene rings is 3. The molecule has 0 radical (unpaired) electrons. The molecule has 10 heteroatoms. The van der Waals surface area contributed by atoms with Crippen molar-refractivity contribution in [1.82, 2.24) is 14.8 Å². The van der Waals surface area contributed by atoms with Crippen molar-refractivity contribution in [2.75, 3.05) is 12.8 Å². The fourth-order valence-corrected chi connectivity index (χ4v) is 8.68. The van der Waals surface area contributed by atoms with E-state index in [-0.39, 0.29) is 12.8 Å². The highest BCUT2D eigenvalue weighted by atomic mass is 31.2. The molecule has 1 aromatic heterocycles. The Balaban J connectivity index is 2.03. The predicted octanol–water partition coefficient (Wildman–Crippen LogP) is 2.58. The van der Waals surface area contributed by atoms with Crippen LogP contribution in [0.1, 0.15) is 13.0 Å². The fraction of sp³-hybridized carbons (Fsp3) is 0.160. The molecule has 0 spiro atoms. The molecule has 1 heterocycles. The molecule has 0 fully saturated rings. The van der Waals surface area contributed by atoms with Crippen LogP contribution in [-0.4, -0.2) is 38.4 Å². The number of nitrogens with zero attached hydrogens (tertiary/aromatic N) is 3. The van der Waals surface area contributed by atoms with Crippen LogP contribution in [0.15, 0.2) is 95.8 Å². The SMILES string of the molecule is CCOC(=O)C(C[P+](c1ccccc1)(c1ccccc1)c1ccccc1)n1c([N+](=O)[O-])n[nH]c1=O. The highest BCUT2D eigenvalue weighted by molar-refractivity contribution is 7.95.